The van der Waals surface area contributed by atoms with Crippen LogP contribution in [0.1, 0.15) is 43.5 Å². The van der Waals surface area contributed by atoms with Crippen molar-refractivity contribution in [3.8, 4) is 0 Å². The molecule has 1 heteroatoms. The van der Waals surface area contributed by atoms with Crippen LogP contribution in [0.15, 0.2) is 18.2 Å². The van der Waals surface area contributed by atoms with Gasteiger partial charge in [0.15, 0.2) is 0 Å². The Balaban J connectivity index is 2.99. The summed E-state index contributed by atoms with van der Waals surface area (Å²) < 4.78 is 0. The van der Waals surface area contributed by atoms with E-state index in [4.69, 9.17) is 5.73 Å². The van der Waals surface area contributed by atoms with Crippen molar-refractivity contribution >= 4 is 0 Å². The van der Waals surface area contributed by atoms with Crippen LogP contribution in [0.2, 0.25) is 0 Å². The Bertz CT molecular complexity index is 328. The molecule has 0 aromatic heterocycles. The van der Waals surface area contributed by atoms with Crippen LogP contribution in [0.3, 0.4) is 0 Å². The minimum absolute atomic E-state index is 0.157. The predicted molar refractivity (Wildman–Crippen MR) is 66.8 cm³/mol. The molecule has 0 saturated carbocycles. The van der Waals surface area contributed by atoms with Crippen LogP contribution in [-0.4, -0.2) is 0 Å². The molecule has 1 nitrogen and oxygen atoms in total. The van der Waals surface area contributed by atoms with Crippen molar-refractivity contribution < 1.29 is 0 Å². The Morgan fingerprint density at radius 1 is 1.07 bits per heavy atom. The molecule has 1 aromatic rings. The molecule has 1 aromatic carbocycles. The van der Waals surface area contributed by atoms with Gasteiger partial charge in [0.1, 0.15) is 0 Å². The van der Waals surface area contributed by atoms with E-state index in [0.29, 0.717) is 11.8 Å². The lowest BCUT2D eigenvalue weighted by atomic mass is 9.84. The molecule has 2 atom stereocenters. The smallest absolute Gasteiger partial charge is 0.0326 e. The van der Waals surface area contributed by atoms with Gasteiger partial charge in [0.2, 0.25) is 0 Å². The largest absolute Gasteiger partial charge is 0.324 e. The Hall–Kier alpha value is -0.820. The second kappa shape index (κ2) is 4.80. The highest BCUT2D eigenvalue weighted by Gasteiger charge is 2.19. The third-order valence-electron chi connectivity index (χ3n) is 3.41. The molecule has 0 heterocycles. The summed E-state index contributed by atoms with van der Waals surface area (Å²) in [5.74, 6) is 1.14. The number of hydrogen-bond acceptors (Lipinski definition) is 1. The summed E-state index contributed by atoms with van der Waals surface area (Å²) in [4.78, 5) is 0. The topological polar surface area (TPSA) is 26.0 Å². The van der Waals surface area contributed by atoms with Gasteiger partial charge >= 0.3 is 0 Å². The Morgan fingerprint density at radius 3 is 2.20 bits per heavy atom. The SMILES string of the molecule is Cc1ccc(C)c(C(N)C(C)C(C)C)c1. The lowest BCUT2D eigenvalue weighted by molar-refractivity contribution is 0.351. The zero-order valence-corrected chi connectivity index (χ0v) is 10.5. The number of hydrogen-bond donors (Lipinski definition) is 1. The van der Waals surface area contributed by atoms with E-state index in [1.54, 1.807) is 0 Å². The number of aryl methyl sites for hydroxylation is 2. The van der Waals surface area contributed by atoms with Crippen LogP contribution in [0.5, 0.6) is 0 Å². The summed E-state index contributed by atoms with van der Waals surface area (Å²) in [5.41, 5.74) is 10.2. The summed E-state index contributed by atoms with van der Waals surface area (Å²) in [6.07, 6.45) is 0. The minimum Gasteiger partial charge on any atom is -0.324 e. The van der Waals surface area contributed by atoms with Gasteiger partial charge in [-0.05, 0) is 36.8 Å². The molecule has 0 fully saturated rings. The molecule has 0 amide bonds. The summed E-state index contributed by atoms with van der Waals surface area (Å²) in [6, 6.07) is 6.69. The molecular weight excluding hydrogens is 182 g/mol. The van der Waals surface area contributed by atoms with Crippen LogP contribution >= 0.6 is 0 Å². The summed E-state index contributed by atoms with van der Waals surface area (Å²) in [6.45, 7) is 11.0. The molecule has 2 unspecified atom stereocenters. The van der Waals surface area contributed by atoms with E-state index in [9.17, 15) is 0 Å². The zero-order valence-electron chi connectivity index (χ0n) is 10.5. The standard InChI is InChI=1S/C14H23N/c1-9(2)12(5)14(15)13-8-10(3)6-7-11(13)4/h6-9,12,14H,15H2,1-5H3. The average Bonchev–Trinajstić information content (AvgIpc) is 2.19. The maximum absolute atomic E-state index is 6.31. The Morgan fingerprint density at radius 2 is 1.67 bits per heavy atom. The van der Waals surface area contributed by atoms with Gasteiger partial charge in [-0.2, -0.15) is 0 Å². The molecule has 84 valence electrons. The van der Waals surface area contributed by atoms with E-state index >= 15 is 0 Å². The molecule has 2 N–H and O–H groups in total. The molecule has 0 aliphatic carbocycles. The monoisotopic (exact) mass is 205 g/mol. The number of nitrogens with two attached hydrogens (primary N) is 1. The first-order valence-corrected chi connectivity index (χ1v) is 5.76. The molecular formula is C14H23N. The fraction of sp³-hybridized carbons (Fsp3) is 0.571. The van der Waals surface area contributed by atoms with Crippen molar-refractivity contribution in [1.82, 2.24) is 0 Å². The zero-order chi connectivity index (χ0) is 11.6. The van der Waals surface area contributed by atoms with Crippen LogP contribution < -0.4 is 5.73 Å². The van der Waals surface area contributed by atoms with Crippen molar-refractivity contribution in [3.05, 3.63) is 34.9 Å². The first-order chi connectivity index (χ1) is 6.93. The molecule has 15 heavy (non-hydrogen) atoms. The van der Waals surface area contributed by atoms with E-state index in [0.717, 1.165) is 0 Å². The molecule has 0 aliphatic heterocycles. The molecule has 0 spiro atoms. The number of benzene rings is 1. The van der Waals surface area contributed by atoms with Crippen molar-refractivity contribution in [1.29, 1.82) is 0 Å². The molecule has 1 rings (SSSR count). The first-order valence-electron chi connectivity index (χ1n) is 5.76. The predicted octanol–water partition coefficient (Wildman–Crippen LogP) is 3.60. The van der Waals surface area contributed by atoms with E-state index in [-0.39, 0.29) is 6.04 Å². The van der Waals surface area contributed by atoms with E-state index < -0.39 is 0 Å². The maximum Gasteiger partial charge on any atom is 0.0326 e. The van der Waals surface area contributed by atoms with Gasteiger partial charge in [-0.25, -0.2) is 0 Å². The van der Waals surface area contributed by atoms with E-state index in [1.807, 2.05) is 0 Å². The van der Waals surface area contributed by atoms with Crippen molar-refractivity contribution in [2.24, 2.45) is 17.6 Å². The van der Waals surface area contributed by atoms with Gasteiger partial charge < -0.3 is 5.73 Å². The van der Waals surface area contributed by atoms with Gasteiger partial charge in [0.05, 0.1) is 0 Å². The van der Waals surface area contributed by atoms with Gasteiger partial charge in [-0.15, -0.1) is 0 Å². The fourth-order valence-electron chi connectivity index (χ4n) is 1.82. The molecule has 0 saturated heterocycles. The van der Waals surface area contributed by atoms with Gasteiger partial charge in [0.25, 0.3) is 0 Å². The Kier molecular flexibility index (Phi) is 3.92. The maximum atomic E-state index is 6.31. The number of rotatable bonds is 3. The van der Waals surface area contributed by atoms with E-state index in [2.05, 4.69) is 52.8 Å². The van der Waals surface area contributed by atoms with Crippen LogP contribution in [0, 0.1) is 25.7 Å². The van der Waals surface area contributed by atoms with Crippen LogP contribution in [-0.2, 0) is 0 Å². The van der Waals surface area contributed by atoms with Crippen LogP contribution in [0.25, 0.3) is 0 Å². The second-order valence-electron chi connectivity index (χ2n) is 4.99. The third-order valence-corrected chi connectivity index (χ3v) is 3.41. The summed E-state index contributed by atoms with van der Waals surface area (Å²) in [5, 5.41) is 0. The quantitative estimate of drug-likeness (QED) is 0.801. The van der Waals surface area contributed by atoms with Crippen LogP contribution in [0.4, 0.5) is 0 Å². The highest BCUT2D eigenvalue weighted by Crippen LogP contribution is 2.28. The van der Waals surface area contributed by atoms with E-state index in [1.165, 1.54) is 16.7 Å². The highest BCUT2D eigenvalue weighted by molar-refractivity contribution is 5.33. The lowest BCUT2D eigenvalue weighted by Crippen LogP contribution is -2.23. The molecule has 0 radical (unpaired) electrons. The highest BCUT2D eigenvalue weighted by atomic mass is 14.7. The average molecular weight is 205 g/mol. The molecule has 0 bridgehead atoms. The fourth-order valence-corrected chi connectivity index (χ4v) is 1.82. The minimum atomic E-state index is 0.157. The molecule has 0 aliphatic rings. The first kappa shape index (κ1) is 12.3. The van der Waals surface area contributed by atoms with Crippen molar-refractivity contribution in [2.75, 3.05) is 0 Å². The van der Waals surface area contributed by atoms with Gasteiger partial charge in [0, 0.05) is 6.04 Å². The summed E-state index contributed by atoms with van der Waals surface area (Å²) in [7, 11) is 0. The van der Waals surface area contributed by atoms with Crippen molar-refractivity contribution in [3.63, 3.8) is 0 Å². The van der Waals surface area contributed by atoms with Gasteiger partial charge in [-0.1, -0.05) is 44.5 Å². The van der Waals surface area contributed by atoms with Gasteiger partial charge in [-0.3, -0.25) is 0 Å². The van der Waals surface area contributed by atoms with Crippen molar-refractivity contribution in [2.45, 2.75) is 40.7 Å². The normalized spacial score (nSPS) is 15.4. The second-order valence-corrected chi connectivity index (χ2v) is 4.99. The summed E-state index contributed by atoms with van der Waals surface area (Å²) >= 11 is 0. The third kappa shape index (κ3) is 2.82. The lowest BCUT2D eigenvalue weighted by Gasteiger charge is -2.25. The Labute approximate surface area is 93.7 Å².